The van der Waals surface area contributed by atoms with E-state index in [2.05, 4.69) is 10.4 Å². The first-order valence-corrected chi connectivity index (χ1v) is 9.89. The molecule has 0 saturated heterocycles. The van der Waals surface area contributed by atoms with Gasteiger partial charge in [-0.1, -0.05) is 13.8 Å². The van der Waals surface area contributed by atoms with E-state index in [9.17, 15) is 14.7 Å². The molecule has 0 atom stereocenters. The van der Waals surface area contributed by atoms with Crippen molar-refractivity contribution in [3.8, 4) is 0 Å². The van der Waals surface area contributed by atoms with Crippen LogP contribution in [0.5, 0.6) is 0 Å². The number of fused-ring (bicyclic) bond motifs is 3. The van der Waals surface area contributed by atoms with Crippen LogP contribution in [-0.2, 0) is 9.59 Å². The third-order valence-corrected chi connectivity index (χ3v) is 5.92. The molecular weight excluding hydrogens is 364 g/mol. The summed E-state index contributed by atoms with van der Waals surface area (Å²) in [7, 11) is 0. The highest BCUT2D eigenvalue weighted by Crippen LogP contribution is 2.34. The van der Waals surface area contributed by atoms with E-state index in [0.29, 0.717) is 18.5 Å². The first-order chi connectivity index (χ1) is 12.8. The number of rotatable bonds is 4. The van der Waals surface area contributed by atoms with Gasteiger partial charge in [-0.3, -0.25) is 9.36 Å². The average Bonchev–Trinajstić information content (AvgIpc) is 3.13. The molecule has 142 valence electrons. The number of carbonyl (C=O) groups excluding carboxylic acids is 2. The summed E-state index contributed by atoms with van der Waals surface area (Å²) >= 11 is 1.59. The van der Waals surface area contributed by atoms with E-state index in [4.69, 9.17) is 0 Å². The molecule has 0 bridgehead atoms. The van der Waals surface area contributed by atoms with Gasteiger partial charge in [0, 0.05) is 17.3 Å². The van der Waals surface area contributed by atoms with Gasteiger partial charge in [0.2, 0.25) is 5.91 Å². The Morgan fingerprint density at radius 1 is 1.52 bits per heavy atom. The van der Waals surface area contributed by atoms with E-state index >= 15 is 0 Å². The maximum Gasteiger partial charge on any atom is 0.242 e. The van der Waals surface area contributed by atoms with Crippen LogP contribution in [0.4, 0.5) is 0 Å². The number of nitrogens with one attached hydrogen (secondary N) is 1. The zero-order valence-corrected chi connectivity index (χ0v) is 16.3. The predicted molar refractivity (Wildman–Crippen MR) is 105 cm³/mol. The van der Waals surface area contributed by atoms with Gasteiger partial charge in [-0.25, -0.2) is 9.80 Å². The van der Waals surface area contributed by atoms with E-state index < -0.39 is 5.60 Å². The SMILES string of the molecule is CC(C)C1=NN(CC(=O)NC2CC(C)(O)C2)C(=C=O)c2cc3ccsc3n21. The van der Waals surface area contributed by atoms with Gasteiger partial charge in [0.1, 0.15) is 17.2 Å². The smallest absolute Gasteiger partial charge is 0.242 e. The first kappa shape index (κ1) is 18.0. The molecule has 2 aliphatic rings. The first-order valence-electron chi connectivity index (χ1n) is 9.01. The number of hydrogen-bond acceptors (Lipinski definition) is 6. The number of nitrogens with zero attached hydrogens (tertiary/aromatic N) is 3. The maximum atomic E-state index is 12.4. The van der Waals surface area contributed by atoms with Crippen molar-refractivity contribution in [2.45, 2.75) is 45.3 Å². The summed E-state index contributed by atoms with van der Waals surface area (Å²) in [5.41, 5.74) is 0.274. The molecule has 1 aliphatic carbocycles. The quantitative estimate of drug-likeness (QED) is 0.788. The Morgan fingerprint density at radius 3 is 2.89 bits per heavy atom. The zero-order valence-electron chi connectivity index (χ0n) is 15.5. The fraction of sp³-hybridized carbons (Fsp3) is 0.474. The molecule has 7 nitrogen and oxygen atoms in total. The highest BCUT2D eigenvalue weighted by Gasteiger charge is 2.39. The van der Waals surface area contributed by atoms with Crippen molar-refractivity contribution in [1.29, 1.82) is 0 Å². The van der Waals surface area contributed by atoms with Crippen molar-refractivity contribution in [2.75, 3.05) is 6.54 Å². The molecule has 0 aromatic carbocycles. The summed E-state index contributed by atoms with van der Waals surface area (Å²) in [5, 5.41) is 21.8. The number of aliphatic hydroxyl groups is 1. The van der Waals surface area contributed by atoms with Crippen molar-refractivity contribution in [1.82, 2.24) is 14.9 Å². The molecule has 4 rings (SSSR count). The van der Waals surface area contributed by atoms with Crippen LogP contribution in [0.15, 0.2) is 22.6 Å². The average molecular weight is 386 g/mol. The van der Waals surface area contributed by atoms with Gasteiger partial charge >= 0.3 is 0 Å². The molecule has 0 radical (unpaired) electrons. The van der Waals surface area contributed by atoms with Crippen LogP contribution in [-0.4, -0.2) is 50.6 Å². The van der Waals surface area contributed by atoms with Gasteiger partial charge in [-0.15, -0.1) is 11.3 Å². The highest BCUT2D eigenvalue weighted by molar-refractivity contribution is 7.17. The number of carbonyl (C=O) groups is 1. The minimum atomic E-state index is -0.702. The highest BCUT2D eigenvalue weighted by atomic mass is 32.1. The van der Waals surface area contributed by atoms with Gasteiger partial charge in [0.05, 0.1) is 11.3 Å². The fourth-order valence-corrected chi connectivity index (χ4v) is 4.69. The molecule has 0 spiro atoms. The van der Waals surface area contributed by atoms with E-state index in [0.717, 1.165) is 16.1 Å². The van der Waals surface area contributed by atoms with E-state index in [-0.39, 0.29) is 30.1 Å². The summed E-state index contributed by atoms with van der Waals surface area (Å²) < 4.78 is 1.99. The molecule has 2 aromatic heterocycles. The van der Waals surface area contributed by atoms with Gasteiger partial charge in [0.15, 0.2) is 11.6 Å². The lowest BCUT2D eigenvalue weighted by atomic mass is 9.77. The second-order valence-electron chi connectivity index (χ2n) is 7.84. The number of hydrogen-bond donors (Lipinski definition) is 2. The van der Waals surface area contributed by atoms with Gasteiger partial charge in [-0.2, -0.15) is 5.10 Å². The Morgan fingerprint density at radius 2 is 2.26 bits per heavy atom. The van der Waals surface area contributed by atoms with Crippen LogP contribution in [0.3, 0.4) is 0 Å². The Hall–Kier alpha value is -2.41. The third-order valence-electron chi connectivity index (χ3n) is 5.01. The van der Waals surface area contributed by atoms with Crippen molar-refractivity contribution in [3.63, 3.8) is 0 Å². The minimum absolute atomic E-state index is 0.0382. The Balaban J connectivity index is 1.62. The standard InChI is InChI=1S/C19H22N4O3S/c1-11(2)17-21-22(9-16(25)20-13-7-19(3,26)8-13)15(10-24)14-6-12-4-5-27-18(12)23(14)17/h4-6,11,13,26H,7-9H2,1-3H3,(H,20,25). The topological polar surface area (TPSA) is 86.9 Å². The lowest BCUT2D eigenvalue weighted by molar-refractivity contribution is -0.125. The molecule has 2 aromatic rings. The Kier molecular flexibility index (Phi) is 4.22. The van der Waals surface area contributed by atoms with Crippen LogP contribution < -0.4 is 5.32 Å². The normalized spacial score (nSPS) is 24.5. The van der Waals surface area contributed by atoms with Crippen LogP contribution in [0.2, 0.25) is 0 Å². The number of aromatic nitrogens is 1. The van der Waals surface area contributed by atoms with Crippen molar-refractivity contribution < 1.29 is 14.7 Å². The van der Waals surface area contributed by atoms with Gasteiger partial charge in [-0.05, 0) is 37.3 Å². The zero-order chi connectivity index (χ0) is 19.3. The molecule has 1 amide bonds. The predicted octanol–water partition coefficient (Wildman–Crippen LogP) is 2.04. The summed E-state index contributed by atoms with van der Waals surface area (Å²) in [5.74, 6) is 2.65. The summed E-state index contributed by atoms with van der Waals surface area (Å²) in [6.07, 6.45) is 1.07. The largest absolute Gasteiger partial charge is 0.390 e. The summed E-state index contributed by atoms with van der Waals surface area (Å²) in [6, 6.07) is 3.91. The monoisotopic (exact) mass is 386 g/mol. The molecule has 8 heteroatoms. The number of thiophene rings is 1. The minimum Gasteiger partial charge on any atom is -0.390 e. The molecule has 27 heavy (non-hydrogen) atoms. The summed E-state index contributed by atoms with van der Waals surface area (Å²) in [4.78, 5) is 25.2. The second kappa shape index (κ2) is 6.34. The van der Waals surface area contributed by atoms with Gasteiger partial charge in [0.25, 0.3) is 0 Å². The van der Waals surface area contributed by atoms with Crippen molar-refractivity contribution >= 4 is 44.9 Å². The molecule has 0 unspecified atom stereocenters. The van der Waals surface area contributed by atoms with Crippen LogP contribution in [0.25, 0.3) is 15.9 Å². The molecular formula is C19H22N4O3S. The number of amides is 1. The molecule has 2 N–H and O–H groups in total. The third kappa shape index (κ3) is 3.10. The lowest BCUT2D eigenvalue weighted by Crippen LogP contribution is -2.54. The molecule has 1 saturated carbocycles. The number of hydrazone groups is 1. The van der Waals surface area contributed by atoms with Gasteiger partial charge < -0.3 is 10.4 Å². The van der Waals surface area contributed by atoms with E-state index in [1.165, 1.54) is 5.01 Å². The molecule has 1 aliphatic heterocycles. The van der Waals surface area contributed by atoms with Crippen LogP contribution in [0, 0.1) is 5.92 Å². The molecule has 1 fully saturated rings. The Bertz CT molecular complexity index is 986. The van der Waals surface area contributed by atoms with Crippen LogP contribution >= 0.6 is 11.3 Å². The maximum absolute atomic E-state index is 12.4. The lowest BCUT2D eigenvalue weighted by Gasteiger charge is -2.41. The van der Waals surface area contributed by atoms with E-state index in [1.807, 2.05) is 41.9 Å². The molecule has 3 heterocycles. The fourth-order valence-electron chi connectivity index (χ4n) is 3.78. The van der Waals surface area contributed by atoms with Crippen molar-refractivity contribution in [2.24, 2.45) is 11.0 Å². The van der Waals surface area contributed by atoms with Crippen molar-refractivity contribution in [3.05, 3.63) is 23.2 Å². The Labute approximate surface area is 161 Å². The second-order valence-corrected chi connectivity index (χ2v) is 8.73. The van der Waals surface area contributed by atoms with Crippen LogP contribution in [0.1, 0.15) is 39.3 Å². The van der Waals surface area contributed by atoms with E-state index in [1.54, 1.807) is 18.3 Å². The summed E-state index contributed by atoms with van der Waals surface area (Å²) in [6.45, 7) is 5.77.